The molecule has 1 aromatic carbocycles. The van der Waals surface area contributed by atoms with Gasteiger partial charge in [-0.15, -0.1) is 0 Å². The number of aliphatic imine (C=N–C) groups is 1. The molecule has 0 aromatic heterocycles. The van der Waals surface area contributed by atoms with E-state index in [2.05, 4.69) is 42.2 Å². The summed E-state index contributed by atoms with van der Waals surface area (Å²) in [6.45, 7) is 2.20. The second-order valence-electron chi connectivity index (χ2n) is 3.27. The highest BCUT2D eigenvalue weighted by atomic mass is 14.6. The molecule has 0 N–H and O–H groups in total. The normalized spacial score (nSPS) is 13.4. The molecule has 0 aliphatic heterocycles. The molecule has 1 rings (SSSR count). The molecule has 0 radical (unpaired) electrons. The SMILES string of the molecule is CCC(C=NC)Cc1ccccc1. The molecule has 0 saturated carbocycles. The van der Waals surface area contributed by atoms with Gasteiger partial charge in [0.05, 0.1) is 0 Å². The summed E-state index contributed by atoms with van der Waals surface area (Å²) in [7, 11) is 1.84. The highest BCUT2D eigenvalue weighted by Crippen LogP contribution is 2.09. The van der Waals surface area contributed by atoms with Gasteiger partial charge in [0.2, 0.25) is 0 Å². The zero-order valence-electron chi connectivity index (χ0n) is 8.40. The summed E-state index contributed by atoms with van der Waals surface area (Å²) in [4.78, 5) is 4.08. The number of rotatable bonds is 4. The predicted octanol–water partition coefficient (Wildman–Crippen LogP) is 2.96. The Bertz CT molecular complexity index is 251. The van der Waals surface area contributed by atoms with Gasteiger partial charge in [-0.25, -0.2) is 0 Å². The molecule has 1 atom stereocenters. The molecule has 0 aliphatic rings. The van der Waals surface area contributed by atoms with Gasteiger partial charge in [0.15, 0.2) is 0 Å². The van der Waals surface area contributed by atoms with Gasteiger partial charge in [0.1, 0.15) is 0 Å². The number of hydrogen-bond donors (Lipinski definition) is 0. The smallest absolute Gasteiger partial charge is 0.0273 e. The third-order valence-corrected chi connectivity index (χ3v) is 2.22. The van der Waals surface area contributed by atoms with E-state index in [0.717, 1.165) is 12.8 Å². The van der Waals surface area contributed by atoms with Gasteiger partial charge >= 0.3 is 0 Å². The average molecular weight is 175 g/mol. The van der Waals surface area contributed by atoms with E-state index in [-0.39, 0.29) is 0 Å². The molecule has 0 heterocycles. The van der Waals surface area contributed by atoms with Crippen LogP contribution in [0.25, 0.3) is 0 Å². The third kappa shape index (κ3) is 3.41. The predicted molar refractivity (Wildman–Crippen MR) is 58.3 cm³/mol. The van der Waals surface area contributed by atoms with Crippen molar-refractivity contribution in [2.45, 2.75) is 19.8 Å². The molecule has 1 aromatic rings. The summed E-state index contributed by atoms with van der Waals surface area (Å²) < 4.78 is 0. The highest BCUT2D eigenvalue weighted by Gasteiger charge is 2.02. The third-order valence-electron chi connectivity index (χ3n) is 2.22. The summed E-state index contributed by atoms with van der Waals surface area (Å²) in [5.74, 6) is 0.590. The minimum atomic E-state index is 0.590. The minimum absolute atomic E-state index is 0.590. The van der Waals surface area contributed by atoms with Crippen molar-refractivity contribution in [3.05, 3.63) is 35.9 Å². The first-order valence-electron chi connectivity index (χ1n) is 4.83. The lowest BCUT2D eigenvalue weighted by molar-refractivity contribution is 0.674. The Kier molecular flexibility index (Phi) is 4.24. The Balaban J connectivity index is 2.56. The van der Waals surface area contributed by atoms with Gasteiger partial charge in [-0.1, -0.05) is 37.3 Å². The van der Waals surface area contributed by atoms with E-state index in [4.69, 9.17) is 0 Å². The summed E-state index contributed by atoms with van der Waals surface area (Å²) in [5, 5.41) is 0. The molecule has 0 bridgehead atoms. The zero-order chi connectivity index (χ0) is 9.52. The Morgan fingerprint density at radius 1 is 1.31 bits per heavy atom. The largest absolute Gasteiger partial charge is 0.301 e. The fraction of sp³-hybridized carbons (Fsp3) is 0.417. The highest BCUT2D eigenvalue weighted by molar-refractivity contribution is 5.60. The van der Waals surface area contributed by atoms with Crippen LogP contribution in [0.15, 0.2) is 35.3 Å². The van der Waals surface area contributed by atoms with Crippen molar-refractivity contribution in [2.24, 2.45) is 10.9 Å². The molecule has 70 valence electrons. The van der Waals surface area contributed by atoms with Crippen LogP contribution in [-0.4, -0.2) is 13.3 Å². The first-order valence-corrected chi connectivity index (χ1v) is 4.83. The van der Waals surface area contributed by atoms with Crippen LogP contribution in [0.4, 0.5) is 0 Å². The van der Waals surface area contributed by atoms with Crippen molar-refractivity contribution in [3.63, 3.8) is 0 Å². The monoisotopic (exact) mass is 175 g/mol. The molecule has 0 spiro atoms. The fourth-order valence-corrected chi connectivity index (χ4v) is 1.43. The Morgan fingerprint density at radius 2 is 2.00 bits per heavy atom. The van der Waals surface area contributed by atoms with Crippen molar-refractivity contribution in [3.8, 4) is 0 Å². The van der Waals surface area contributed by atoms with Crippen molar-refractivity contribution >= 4 is 6.21 Å². The molecular formula is C12H17N. The van der Waals surface area contributed by atoms with Crippen LogP contribution in [-0.2, 0) is 6.42 Å². The minimum Gasteiger partial charge on any atom is -0.301 e. The van der Waals surface area contributed by atoms with E-state index < -0.39 is 0 Å². The van der Waals surface area contributed by atoms with Gasteiger partial charge in [-0.2, -0.15) is 0 Å². The standard InChI is InChI=1S/C12H17N/c1-3-11(10-13-2)9-12-7-5-4-6-8-12/h4-8,10-11H,3,9H2,1-2H3. The van der Waals surface area contributed by atoms with Crippen molar-refractivity contribution in [1.82, 2.24) is 0 Å². The summed E-state index contributed by atoms with van der Waals surface area (Å²) >= 11 is 0. The van der Waals surface area contributed by atoms with Crippen LogP contribution in [0.3, 0.4) is 0 Å². The molecule has 13 heavy (non-hydrogen) atoms. The Hall–Kier alpha value is -1.11. The quantitative estimate of drug-likeness (QED) is 0.624. The lowest BCUT2D eigenvalue weighted by atomic mass is 9.98. The topological polar surface area (TPSA) is 12.4 Å². The van der Waals surface area contributed by atoms with Gasteiger partial charge in [-0.3, -0.25) is 0 Å². The molecule has 0 aliphatic carbocycles. The van der Waals surface area contributed by atoms with E-state index in [1.54, 1.807) is 0 Å². The molecule has 0 saturated heterocycles. The average Bonchev–Trinajstić information content (AvgIpc) is 2.19. The Morgan fingerprint density at radius 3 is 2.54 bits per heavy atom. The molecular weight excluding hydrogens is 158 g/mol. The van der Waals surface area contributed by atoms with E-state index in [9.17, 15) is 0 Å². The summed E-state index contributed by atoms with van der Waals surface area (Å²) in [6.07, 6.45) is 4.31. The first kappa shape index (κ1) is 9.97. The van der Waals surface area contributed by atoms with Gasteiger partial charge in [-0.05, 0) is 24.3 Å². The van der Waals surface area contributed by atoms with Crippen molar-refractivity contribution in [2.75, 3.05) is 7.05 Å². The van der Waals surface area contributed by atoms with E-state index in [0.29, 0.717) is 5.92 Å². The number of hydrogen-bond acceptors (Lipinski definition) is 1. The van der Waals surface area contributed by atoms with E-state index >= 15 is 0 Å². The second kappa shape index (κ2) is 5.52. The van der Waals surface area contributed by atoms with E-state index in [1.165, 1.54) is 5.56 Å². The fourth-order valence-electron chi connectivity index (χ4n) is 1.43. The van der Waals surface area contributed by atoms with Crippen LogP contribution in [0.2, 0.25) is 0 Å². The number of nitrogens with zero attached hydrogens (tertiary/aromatic N) is 1. The zero-order valence-corrected chi connectivity index (χ0v) is 8.40. The van der Waals surface area contributed by atoms with Gasteiger partial charge < -0.3 is 4.99 Å². The lowest BCUT2D eigenvalue weighted by Gasteiger charge is -2.08. The van der Waals surface area contributed by atoms with Crippen LogP contribution >= 0.6 is 0 Å². The maximum absolute atomic E-state index is 4.08. The van der Waals surface area contributed by atoms with Crippen LogP contribution in [0.5, 0.6) is 0 Å². The Labute approximate surface area is 80.5 Å². The summed E-state index contributed by atoms with van der Waals surface area (Å²) in [5.41, 5.74) is 1.40. The van der Waals surface area contributed by atoms with Crippen molar-refractivity contribution < 1.29 is 0 Å². The van der Waals surface area contributed by atoms with Crippen LogP contribution < -0.4 is 0 Å². The maximum atomic E-state index is 4.08. The molecule has 0 amide bonds. The molecule has 1 unspecified atom stereocenters. The van der Waals surface area contributed by atoms with Crippen LogP contribution in [0.1, 0.15) is 18.9 Å². The van der Waals surface area contributed by atoms with Gasteiger partial charge in [0, 0.05) is 13.3 Å². The van der Waals surface area contributed by atoms with Gasteiger partial charge in [0.25, 0.3) is 0 Å². The molecule has 1 heteroatoms. The summed E-state index contributed by atoms with van der Waals surface area (Å²) in [6, 6.07) is 10.6. The van der Waals surface area contributed by atoms with Crippen LogP contribution in [0, 0.1) is 5.92 Å². The molecule has 0 fully saturated rings. The second-order valence-corrected chi connectivity index (χ2v) is 3.27. The van der Waals surface area contributed by atoms with E-state index in [1.807, 2.05) is 13.3 Å². The number of benzene rings is 1. The maximum Gasteiger partial charge on any atom is 0.0273 e. The lowest BCUT2D eigenvalue weighted by Crippen LogP contribution is -2.04. The van der Waals surface area contributed by atoms with Crippen molar-refractivity contribution in [1.29, 1.82) is 0 Å². The molecule has 1 nitrogen and oxygen atoms in total. The first-order chi connectivity index (χ1) is 6.36.